The first kappa shape index (κ1) is 10.2. The number of piperazine rings is 1. The zero-order valence-electron chi connectivity index (χ0n) is 8.91. The number of hydrogen-bond donors (Lipinski definition) is 1. The molecule has 0 aromatic heterocycles. The molecular weight excluding hydrogens is 193 g/mol. The maximum atomic E-state index is 13.6. The van der Waals surface area contributed by atoms with Crippen LogP contribution in [0.4, 0.5) is 15.8 Å². The Morgan fingerprint density at radius 1 is 1.20 bits per heavy atom. The van der Waals surface area contributed by atoms with Crippen LogP contribution in [0.1, 0.15) is 0 Å². The Labute approximate surface area is 89.3 Å². The molecule has 1 aromatic rings. The molecule has 15 heavy (non-hydrogen) atoms. The Morgan fingerprint density at radius 2 is 1.87 bits per heavy atom. The summed E-state index contributed by atoms with van der Waals surface area (Å²) in [4.78, 5) is 4.25. The molecule has 1 aromatic carbocycles. The van der Waals surface area contributed by atoms with Crippen LogP contribution in [0.5, 0.6) is 0 Å². The van der Waals surface area contributed by atoms with E-state index in [2.05, 4.69) is 11.9 Å². The van der Waals surface area contributed by atoms with E-state index in [1.165, 1.54) is 6.07 Å². The largest absolute Gasteiger partial charge is 0.397 e. The molecule has 0 unspecified atom stereocenters. The Morgan fingerprint density at radius 3 is 2.47 bits per heavy atom. The van der Waals surface area contributed by atoms with Gasteiger partial charge in [-0.3, -0.25) is 0 Å². The highest BCUT2D eigenvalue weighted by molar-refractivity contribution is 5.68. The fourth-order valence-corrected chi connectivity index (χ4v) is 1.90. The molecule has 0 amide bonds. The molecule has 0 spiro atoms. The topological polar surface area (TPSA) is 32.5 Å². The number of anilines is 2. The van der Waals surface area contributed by atoms with Crippen LogP contribution in [-0.4, -0.2) is 38.1 Å². The van der Waals surface area contributed by atoms with Gasteiger partial charge >= 0.3 is 0 Å². The fraction of sp³-hybridized carbons (Fsp3) is 0.455. The van der Waals surface area contributed by atoms with Crippen LogP contribution in [0.2, 0.25) is 0 Å². The molecule has 2 rings (SSSR count). The maximum Gasteiger partial charge on any atom is 0.148 e. The molecule has 3 nitrogen and oxygen atoms in total. The lowest BCUT2D eigenvalue weighted by Crippen LogP contribution is -2.45. The lowest BCUT2D eigenvalue weighted by Gasteiger charge is -2.34. The average molecular weight is 209 g/mol. The van der Waals surface area contributed by atoms with Gasteiger partial charge in [-0.25, -0.2) is 4.39 Å². The van der Waals surface area contributed by atoms with E-state index >= 15 is 0 Å². The molecule has 0 atom stereocenters. The molecule has 1 saturated heterocycles. The van der Waals surface area contributed by atoms with Crippen molar-refractivity contribution in [3.05, 3.63) is 24.0 Å². The van der Waals surface area contributed by atoms with Crippen molar-refractivity contribution in [2.24, 2.45) is 0 Å². The number of likely N-dealkylation sites (N-methyl/N-ethyl adjacent to an activating group) is 1. The Bertz CT molecular complexity index is 325. The van der Waals surface area contributed by atoms with Gasteiger partial charge < -0.3 is 15.5 Å². The SMILES string of the molecule is CN1CCN(c2c(N)cccc2F)CC1. The van der Waals surface area contributed by atoms with E-state index in [1.54, 1.807) is 12.1 Å². The van der Waals surface area contributed by atoms with E-state index in [1.807, 2.05) is 4.90 Å². The predicted molar refractivity (Wildman–Crippen MR) is 60.5 cm³/mol. The molecule has 0 saturated carbocycles. The summed E-state index contributed by atoms with van der Waals surface area (Å²) in [6.45, 7) is 3.57. The molecule has 2 N–H and O–H groups in total. The summed E-state index contributed by atoms with van der Waals surface area (Å²) in [5.41, 5.74) is 6.88. The van der Waals surface area contributed by atoms with E-state index in [4.69, 9.17) is 5.73 Å². The van der Waals surface area contributed by atoms with E-state index in [-0.39, 0.29) is 5.82 Å². The minimum absolute atomic E-state index is 0.223. The molecule has 0 aliphatic carbocycles. The van der Waals surface area contributed by atoms with Crippen LogP contribution < -0.4 is 10.6 Å². The van der Waals surface area contributed by atoms with Crippen LogP contribution >= 0.6 is 0 Å². The highest BCUT2D eigenvalue weighted by atomic mass is 19.1. The zero-order valence-corrected chi connectivity index (χ0v) is 8.91. The second kappa shape index (κ2) is 4.06. The van der Waals surface area contributed by atoms with Gasteiger partial charge in [0.2, 0.25) is 0 Å². The third-order valence-electron chi connectivity index (χ3n) is 2.84. The summed E-state index contributed by atoms with van der Waals surface area (Å²) in [7, 11) is 2.07. The van der Waals surface area contributed by atoms with Crippen molar-refractivity contribution >= 4 is 11.4 Å². The van der Waals surface area contributed by atoms with Crippen molar-refractivity contribution in [3.63, 3.8) is 0 Å². The quantitative estimate of drug-likeness (QED) is 0.704. The minimum atomic E-state index is -0.223. The molecule has 4 heteroatoms. The zero-order chi connectivity index (χ0) is 10.8. The van der Waals surface area contributed by atoms with Crippen molar-refractivity contribution in [2.45, 2.75) is 0 Å². The number of halogens is 1. The number of nitrogens with two attached hydrogens (primary N) is 1. The van der Waals surface area contributed by atoms with Crippen LogP contribution in [0.15, 0.2) is 18.2 Å². The van der Waals surface area contributed by atoms with Crippen LogP contribution in [-0.2, 0) is 0 Å². The minimum Gasteiger partial charge on any atom is -0.397 e. The molecule has 1 aliphatic rings. The number of benzene rings is 1. The molecule has 0 radical (unpaired) electrons. The molecule has 1 heterocycles. The van der Waals surface area contributed by atoms with Crippen molar-refractivity contribution in [2.75, 3.05) is 43.9 Å². The number of para-hydroxylation sites is 1. The molecule has 0 bridgehead atoms. The average Bonchev–Trinajstić information content (AvgIpc) is 2.20. The first-order valence-electron chi connectivity index (χ1n) is 5.16. The normalized spacial score (nSPS) is 18.1. The number of rotatable bonds is 1. The molecule has 82 valence electrons. The van der Waals surface area contributed by atoms with E-state index < -0.39 is 0 Å². The Hall–Kier alpha value is -1.29. The van der Waals surface area contributed by atoms with Gasteiger partial charge in [0.15, 0.2) is 0 Å². The van der Waals surface area contributed by atoms with E-state index in [0.29, 0.717) is 11.4 Å². The summed E-state index contributed by atoms with van der Waals surface area (Å²) < 4.78 is 13.6. The molecular formula is C11H16FN3. The second-order valence-corrected chi connectivity index (χ2v) is 3.97. The highest BCUT2D eigenvalue weighted by Crippen LogP contribution is 2.27. The van der Waals surface area contributed by atoms with Crippen LogP contribution in [0.25, 0.3) is 0 Å². The lowest BCUT2D eigenvalue weighted by atomic mass is 10.2. The van der Waals surface area contributed by atoms with Gasteiger partial charge in [-0.1, -0.05) is 6.07 Å². The number of nitrogen functional groups attached to an aromatic ring is 1. The third-order valence-corrected chi connectivity index (χ3v) is 2.84. The fourth-order valence-electron chi connectivity index (χ4n) is 1.90. The second-order valence-electron chi connectivity index (χ2n) is 3.97. The van der Waals surface area contributed by atoms with Gasteiger partial charge in [0.1, 0.15) is 5.82 Å². The van der Waals surface area contributed by atoms with Gasteiger partial charge in [-0.2, -0.15) is 0 Å². The molecule has 1 aliphatic heterocycles. The predicted octanol–water partition coefficient (Wildman–Crippen LogP) is 1.16. The molecule has 1 fully saturated rings. The Balaban J connectivity index is 2.22. The van der Waals surface area contributed by atoms with Crippen LogP contribution in [0, 0.1) is 5.82 Å². The third kappa shape index (κ3) is 2.04. The van der Waals surface area contributed by atoms with Crippen molar-refractivity contribution in [1.29, 1.82) is 0 Å². The number of nitrogens with zero attached hydrogens (tertiary/aromatic N) is 2. The maximum absolute atomic E-state index is 13.6. The van der Waals surface area contributed by atoms with E-state index in [0.717, 1.165) is 26.2 Å². The van der Waals surface area contributed by atoms with Gasteiger partial charge in [-0.15, -0.1) is 0 Å². The monoisotopic (exact) mass is 209 g/mol. The highest BCUT2D eigenvalue weighted by Gasteiger charge is 2.18. The van der Waals surface area contributed by atoms with Crippen molar-refractivity contribution < 1.29 is 4.39 Å². The first-order valence-corrected chi connectivity index (χ1v) is 5.16. The summed E-state index contributed by atoms with van der Waals surface area (Å²) in [5.74, 6) is -0.223. The summed E-state index contributed by atoms with van der Waals surface area (Å²) in [6.07, 6.45) is 0. The summed E-state index contributed by atoms with van der Waals surface area (Å²) in [6, 6.07) is 4.85. The smallest absolute Gasteiger partial charge is 0.148 e. The first-order chi connectivity index (χ1) is 7.18. The van der Waals surface area contributed by atoms with Crippen LogP contribution in [0.3, 0.4) is 0 Å². The lowest BCUT2D eigenvalue weighted by molar-refractivity contribution is 0.312. The summed E-state index contributed by atoms with van der Waals surface area (Å²) in [5, 5.41) is 0. The van der Waals surface area contributed by atoms with Gasteiger partial charge in [0.05, 0.1) is 11.4 Å². The Kier molecular flexibility index (Phi) is 2.77. The number of hydrogen-bond acceptors (Lipinski definition) is 3. The van der Waals surface area contributed by atoms with Gasteiger partial charge in [0.25, 0.3) is 0 Å². The van der Waals surface area contributed by atoms with Gasteiger partial charge in [0, 0.05) is 26.2 Å². The van der Waals surface area contributed by atoms with E-state index in [9.17, 15) is 4.39 Å². The van der Waals surface area contributed by atoms with Gasteiger partial charge in [-0.05, 0) is 19.2 Å². The summed E-state index contributed by atoms with van der Waals surface area (Å²) >= 11 is 0. The van der Waals surface area contributed by atoms with Crippen molar-refractivity contribution in [3.8, 4) is 0 Å². The van der Waals surface area contributed by atoms with Crippen molar-refractivity contribution in [1.82, 2.24) is 4.90 Å². The standard InChI is InChI=1S/C11H16FN3/c1-14-5-7-15(8-6-14)11-9(12)3-2-4-10(11)13/h2-4H,5-8,13H2,1H3.